The molecule has 0 saturated carbocycles. The summed E-state index contributed by atoms with van der Waals surface area (Å²) in [4.78, 5) is 11.1. The molecule has 0 unspecified atom stereocenters. The number of carbonyl (C=O) groups is 1. The minimum Gasteiger partial charge on any atom is -0.385 e. The van der Waals surface area contributed by atoms with Crippen LogP contribution in [0.2, 0.25) is 0 Å². The molecular weight excluding hydrogens is 150 g/mol. The molecule has 1 N–H and O–H groups in total. The fourth-order valence-corrected chi connectivity index (χ4v) is 1.13. The maximum atomic E-state index is 11.1. The van der Waals surface area contributed by atoms with Gasteiger partial charge >= 0.3 is 0 Å². The van der Waals surface area contributed by atoms with E-state index in [0.717, 1.165) is 17.8 Å². The second-order valence-corrected chi connectivity index (χ2v) is 2.63. The van der Waals surface area contributed by atoms with Crippen LogP contribution in [0.4, 0.5) is 5.69 Å². The first-order chi connectivity index (χ1) is 5.75. The molecule has 0 spiro atoms. The number of Topliss-reactive ketones (excluding diaryl/α,β-unsaturated/α-hetero) is 1. The van der Waals surface area contributed by atoms with Crippen LogP contribution in [0.15, 0.2) is 24.3 Å². The molecule has 0 amide bonds. The second-order valence-electron chi connectivity index (χ2n) is 2.63. The Kier molecular flexibility index (Phi) is 2.86. The fraction of sp³-hybridized carbons (Fsp3) is 0.300. The van der Waals surface area contributed by atoms with Crippen molar-refractivity contribution < 1.29 is 4.79 Å². The molecule has 0 fully saturated rings. The van der Waals surface area contributed by atoms with Gasteiger partial charge in [0.15, 0.2) is 5.78 Å². The van der Waals surface area contributed by atoms with Gasteiger partial charge in [0, 0.05) is 17.8 Å². The SMILES string of the molecule is CCNc1ccccc1C(C)=O. The van der Waals surface area contributed by atoms with Gasteiger partial charge in [-0.25, -0.2) is 0 Å². The largest absolute Gasteiger partial charge is 0.385 e. The van der Waals surface area contributed by atoms with Gasteiger partial charge in [0.1, 0.15) is 0 Å². The molecule has 1 rings (SSSR count). The zero-order chi connectivity index (χ0) is 8.97. The number of benzene rings is 1. The Bertz CT molecular complexity index is 281. The van der Waals surface area contributed by atoms with E-state index in [-0.39, 0.29) is 5.78 Å². The highest BCUT2D eigenvalue weighted by molar-refractivity contribution is 5.99. The minimum absolute atomic E-state index is 0.103. The third kappa shape index (κ3) is 1.84. The number of para-hydroxylation sites is 1. The Morgan fingerprint density at radius 2 is 2.08 bits per heavy atom. The van der Waals surface area contributed by atoms with Crippen LogP contribution in [0.25, 0.3) is 0 Å². The lowest BCUT2D eigenvalue weighted by Crippen LogP contribution is -2.03. The highest BCUT2D eigenvalue weighted by atomic mass is 16.1. The lowest BCUT2D eigenvalue weighted by atomic mass is 10.1. The lowest BCUT2D eigenvalue weighted by molar-refractivity contribution is 0.101. The third-order valence-electron chi connectivity index (χ3n) is 1.67. The van der Waals surface area contributed by atoms with Gasteiger partial charge in [0.25, 0.3) is 0 Å². The minimum atomic E-state index is 0.103. The van der Waals surface area contributed by atoms with Crippen LogP contribution in [0.3, 0.4) is 0 Å². The number of rotatable bonds is 3. The van der Waals surface area contributed by atoms with Crippen molar-refractivity contribution in [1.29, 1.82) is 0 Å². The molecule has 0 aliphatic heterocycles. The number of carbonyl (C=O) groups excluding carboxylic acids is 1. The van der Waals surface area contributed by atoms with Crippen LogP contribution in [-0.2, 0) is 0 Å². The van der Waals surface area contributed by atoms with Crippen molar-refractivity contribution >= 4 is 11.5 Å². The maximum absolute atomic E-state index is 11.1. The summed E-state index contributed by atoms with van der Waals surface area (Å²) in [5, 5.41) is 3.14. The molecule has 64 valence electrons. The predicted molar refractivity (Wildman–Crippen MR) is 50.6 cm³/mol. The van der Waals surface area contributed by atoms with E-state index in [1.54, 1.807) is 6.92 Å². The van der Waals surface area contributed by atoms with Gasteiger partial charge in [-0.3, -0.25) is 4.79 Å². The molecule has 12 heavy (non-hydrogen) atoms. The van der Waals surface area contributed by atoms with Gasteiger partial charge in [0.05, 0.1) is 0 Å². The van der Waals surface area contributed by atoms with E-state index in [1.165, 1.54) is 0 Å². The summed E-state index contributed by atoms with van der Waals surface area (Å²) in [6.07, 6.45) is 0. The molecule has 2 heteroatoms. The van der Waals surface area contributed by atoms with Crippen molar-refractivity contribution in [3.05, 3.63) is 29.8 Å². The van der Waals surface area contributed by atoms with Gasteiger partial charge in [0.2, 0.25) is 0 Å². The normalized spacial score (nSPS) is 9.50. The maximum Gasteiger partial charge on any atom is 0.161 e. The number of nitrogens with one attached hydrogen (secondary N) is 1. The van der Waals surface area contributed by atoms with Gasteiger partial charge < -0.3 is 5.32 Å². The second kappa shape index (κ2) is 3.90. The first-order valence-electron chi connectivity index (χ1n) is 4.09. The van der Waals surface area contributed by atoms with E-state index in [9.17, 15) is 4.79 Å². The van der Waals surface area contributed by atoms with Gasteiger partial charge in [-0.1, -0.05) is 12.1 Å². The van der Waals surface area contributed by atoms with E-state index in [0.29, 0.717) is 0 Å². The molecule has 2 nitrogen and oxygen atoms in total. The van der Waals surface area contributed by atoms with Crippen LogP contribution < -0.4 is 5.32 Å². The third-order valence-corrected chi connectivity index (χ3v) is 1.67. The molecule has 0 atom stereocenters. The summed E-state index contributed by atoms with van der Waals surface area (Å²) in [6.45, 7) is 4.43. The Morgan fingerprint density at radius 1 is 1.42 bits per heavy atom. The Morgan fingerprint density at radius 3 is 2.67 bits per heavy atom. The Labute approximate surface area is 72.6 Å². The number of ketones is 1. The Balaban J connectivity index is 3.00. The molecule has 0 aliphatic carbocycles. The van der Waals surface area contributed by atoms with Crippen LogP contribution in [0, 0.1) is 0 Å². The van der Waals surface area contributed by atoms with Gasteiger partial charge in [-0.05, 0) is 26.0 Å². The van der Waals surface area contributed by atoms with Gasteiger partial charge in [-0.15, -0.1) is 0 Å². The average Bonchev–Trinajstić information content (AvgIpc) is 2.05. The molecule has 0 heterocycles. The zero-order valence-electron chi connectivity index (χ0n) is 7.42. The van der Waals surface area contributed by atoms with Crippen LogP contribution in [0.5, 0.6) is 0 Å². The predicted octanol–water partition coefficient (Wildman–Crippen LogP) is 2.32. The quantitative estimate of drug-likeness (QED) is 0.693. The lowest BCUT2D eigenvalue weighted by Gasteiger charge is -2.06. The van der Waals surface area contributed by atoms with Crippen LogP contribution >= 0.6 is 0 Å². The van der Waals surface area contributed by atoms with E-state index >= 15 is 0 Å². The van der Waals surface area contributed by atoms with E-state index in [1.807, 2.05) is 31.2 Å². The van der Waals surface area contributed by atoms with Gasteiger partial charge in [-0.2, -0.15) is 0 Å². The summed E-state index contributed by atoms with van der Waals surface area (Å²) in [5.74, 6) is 0.103. The molecule has 0 radical (unpaired) electrons. The monoisotopic (exact) mass is 163 g/mol. The van der Waals surface area contributed by atoms with Crippen LogP contribution in [-0.4, -0.2) is 12.3 Å². The zero-order valence-corrected chi connectivity index (χ0v) is 7.42. The molecule has 0 aliphatic rings. The van der Waals surface area contributed by atoms with Crippen molar-refractivity contribution in [1.82, 2.24) is 0 Å². The van der Waals surface area contributed by atoms with E-state index < -0.39 is 0 Å². The van der Waals surface area contributed by atoms with E-state index in [2.05, 4.69) is 5.32 Å². The van der Waals surface area contributed by atoms with Crippen molar-refractivity contribution in [2.24, 2.45) is 0 Å². The fourth-order valence-electron chi connectivity index (χ4n) is 1.13. The molecule has 0 aromatic heterocycles. The summed E-state index contributed by atoms with van der Waals surface area (Å²) < 4.78 is 0. The number of hydrogen-bond donors (Lipinski definition) is 1. The topological polar surface area (TPSA) is 29.1 Å². The van der Waals surface area contributed by atoms with Crippen molar-refractivity contribution in [3.8, 4) is 0 Å². The molecule has 0 bridgehead atoms. The first kappa shape index (κ1) is 8.78. The summed E-state index contributed by atoms with van der Waals surface area (Å²) in [6, 6.07) is 7.54. The number of hydrogen-bond acceptors (Lipinski definition) is 2. The number of anilines is 1. The molecule has 1 aromatic carbocycles. The summed E-state index contributed by atoms with van der Waals surface area (Å²) in [5.41, 5.74) is 1.69. The van der Waals surface area contributed by atoms with E-state index in [4.69, 9.17) is 0 Å². The Hall–Kier alpha value is -1.31. The van der Waals surface area contributed by atoms with Crippen molar-refractivity contribution in [2.75, 3.05) is 11.9 Å². The highest BCUT2D eigenvalue weighted by Gasteiger charge is 2.03. The highest BCUT2D eigenvalue weighted by Crippen LogP contribution is 2.14. The average molecular weight is 163 g/mol. The molecule has 0 saturated heterocycles. The first-order valence-corrected chi connectivity index (χ1v) is 4.09. The smallest absolute Gasteiger partial charge is 0.161 e. The standard InChI is InChI=1S/C10H13NO/c1-3-11-10-7-5-4-6-9(10)8(2)12/h4-7,11H,3H2,1-2H3. The summed E-state index contributed by atoms with van der Waals surface area (Å²) in [7, 11) is 0. The van der Waals surface area contributed by atoms with Crippen molar-refractivity contribution in [3.63, 3.8) is 0 Å². The summed E-state index contributed by atoms with van der Waals surface area (Å²) >= 11 is 0. The van der Waals surface area contributed by atoms with Crippen LogP contribution in [0.1, 0.15) is 24.2 Å². The van der Waals surface area contributed by atoms with Crippen molar-refractivity contribution in [2.45, 2.75) is 13.8 Å². The molecular formula is C10H13NO. The molecule has 1 aromatic rings.